The minimum atomic E-state index is 0.127. The first-order valence-electron chi connectivity index (χ1n) is 7.33. The summed E-state index contributed by atoms with van der Waals surface area (Å²) in [5.41, 5.74) is 6.89. The Labute approximate surface area is 127 Å². The molecule has 0 saturated heterocycles. The molecule has 1 unspecified atom stereocenters. The third-order valence-corrected chi connectivity index (χ3v) is 4.36. The second-order valence-electron chi connectivity index (χ2n) is 5.65. The Morgan fingerprint density at radius 3 is 2.15 bits per heavy atom. The highest BCUT2D eigenvalue weighted by Crippen LogP contribution is 2.27. The van der Waals surface area contributed by atoms with Gasteiger partial charge in [-0.25, -0.2) is 0 Å². The summed E-state index contributed by atoms with van der Waals surface area (Å²) in [7, 11) is 0. The molecule has 0 amide bonds. The van der Waals surface area contributed by atoms with Crippen molar-refractivity contribution >= 4 is 11.6 Å². The Morgan fingerprint density at radius 2 is 1.55 bits per heavy atom. The number of hydrogen-bond acceptors (Lipinski definition) is 0. The predicted octanol–water partition coefficient (Wildman–Crippen LogP) is 5.91. The molecule has 2 rings (SSSR count). The molecule has 106 valence electrons. The van der Waals surface area contributed by atoms with Gasteiger partial charge in [0, 0.05) is 0 Å². The molecule has 0 aliphatic carbocycles. The number of rotatable bonds is 5. The van der Waals surface area contributed by atoms with Gasteiger partial charge in [0.05, 0.1) is 5.38 Å². The zero-order valence-electron chi connectivity index (χ0n) is 12.6. The summed E-state index contributed by atoms with van der Waals surface area (Å²) in [5, 5.41) is 0.127. The minimum absolute atomic E-state index is 0.127. The Bertz CT molecular complexity index is 534. The molecule has 2 aromatic rings. The number of halogens is 1. The summed E-state index contributed by atoms with van der Waals surface area (Å²) in [6.07, 6.45) is 3.28. The number of aryl methyl sites for hydroxylation is 3. The van der Waals surface area contributed by atoms with Crippen LogP contribution in [0.2, 0.25) is 0 Å². The van der Waals surface area contributed by atoms with Gasteiger partial charge in [0.15, 0.2) is 0 Å². The number of hydrogen-bond donors (Lipinski definition) is 0. The summed E-state index contributed by atoms with van der Waals surface area (Å²) in [4.78, 5) is 0. The smallest absolute Gasteiger partial charge is 0.0585 e. The van der Waals surface area contributed by atoms with E-state index in [2.05, 4.69) is 57.2 Å². The topological polar surface area (TPSA) is 0 Å². The van der Waals surface area contributed by atoms with Crippen LogP contribution in [0.25, 0.3) is 0 Å². The molecule has 0 saturated carbocycles. The Morgan fingerprint density at radius 1 is 0.950 bits per heavy atom. The molecule has 20 heavy (non-hydrogen) atoms. The summed E-state index contributed by atoms with van der Waals surface area (Å²) in [6, 6.07) is 14.9. The van der Waals surface area contributed by atoms with Crippen molar-refractivity contribution in [2.75, 3.05) is 0 Å². The molecule has 1 atom stereocenters. The second kappa shape index (κ2) is 6.95. The third kappa shape index (κ3) is 3.86. The zero-order valence-corrected chi connectivity index (χ0v) is 13.4. The van der Waals surface area contributed by atoms with Crippen LogP contribution in [-0.2, 0) is 6.42 Å². The highest BCUT2D eigenvalue weighted by atomic mass is 35.5. The van der Waals surface area contributed by atoms with Crippen LogP contribution in [0.15, 0.2) is 42.5 Å². The van der Waals surface area contributed by atoms with E-state index >= 15 is 0 Å². The van der Waals surface area contributed by atoms with Crippen molar-refractivity contribution in [3.8, 4) is 0 Å². The Hall–Kier alpha value is -1.27. The Kier molecular flexibility index (Phi) is 5.25. The zero-order chi connectivity index (χ0) is 14.5. The van der Waals surface area contributed by atoms with Gasteiger partial charge in [-0.3, -0.25) is 0 Å². The van der Waals surface area contributed by atoms with Crippen molar-refractivity contribution in [1.29, 1.82) is 0 Å². The molecule has 0 fully saturated rings. The molecule has 0 aliphatic rings. The molecule has 0 N–H and O–H groups in total. The fourth-order valence-electron chi connectivity index (χ4n) is 2.89. The maximum Gasteiger partial charge on any atom is 0.0585 e. The Balaban J connectivity index is 1.94. The van der Waals surface area contributed by atoms with E-state index in [9.17, 15) is 0 Å². The van der Waals surface area contributed by atoms with Crippen LogP contribution in [0.5, 0.6) is 0 Å². The van der Waals surface area contributed by atoms with Crippen LogP contribution >= 0.6 is 11.6 Å². The fourth-order valence-corrected chi connectivity index (χ4v) is 3.19. The van der Waals surface area contributed by atoms with Gasteiger partial charge in [-0.2, -0.15) is 0 Å². The molecule has 0 heterocycles. The van der Waals surface area contributed by atoms with Crippen LogP contribution in [0.4, 0.5) is 0 Å². The van der Waals surface area contributed by atoms with Crippen LogP contribution in [0.3, 0.4) is 0 Å². The van der Waals surface area contributed by atoms with Crippen LogP contribution in [0, 0.1) is 20.8 Å². The molecular formula is C19H23Cl. The van der Waals surface area contributed by atoms with Gasteiger partial charge in [-0.15, -0.1) is 11.6 Å². The van der Waals surface area contributed by atoms with Gasteiger partial charge in [0.25, 0.3) is 0 Å². The lowest BCUT2D eigenvalue weighted by molar-refractivity contribution is 0.712. The van der Waals surface area contributed by atoms with Gasteiger partial charge in [-0.05, 0) is 62.3 Å². The molecule has 0 aliphatic heterocycles. The summed E-state index contributed by atoms with van der Waals surface area (Å²) < 4.78 is 0. The van der Waals surface area contributed by atoms with Crippen molar-refractivity contribution in [2.24, 2.45) is 0 Å². The van der Waals surface area contributed by atoms with E-state index in [-0.39, 0.29) is 5.38 Å². The van der Waals surface area contributed by atoms with Gasteiger partial charge >= 0.3 is 0 Å². The third-order valence-electron chi connectivity index (χ3n) is 3.89. The SMILES string of the molecule is Cc1cc(C)c(CCCC(Cl)c2ccccc2)c(C)c1. The molecule has 0 aromatic heterocycles. The molecule has 0 nitrogen and oxygen atoms in total. The molecule has 0 radical (unpaired) electrons. The summed E-state index contributed by atoms with van der Waals surface area (Å²) in [5.74, 6) is 0. The van der Waals surface area contributed by atoms with E-state index in [0.29, 0.717) is 0 Å². The molecular weight excluding hydrogens is 264 g/mol. The van der Waals surface area contributed by atoms with E-state index in [4.69, 9.17) is 11.6 Å². The fraction of sp³-hybridized carbons (Fsp3) is 0.368. The lowest BCUT2D eigenvalue weighted by atomic mass is 9.95. The van der Waals surface area contributed by atoms with Gasteiger partial charge < -0.3 is 0 Å². The van der Waals surface area contributed by atoms with E-state index in [0.717, 1.165) is 19.3 Å². The maximum absolute atomic E-state index is 6.48. The highest BCUT2D eigenvalue weighted by Gasteiger charge is 2.09. The normalized spacial score (nSPS) is 12.4. The van der Waals surface area contributed by atoms with Crippen molar-refractivity contribution in [3.63, 3.8) is 0 Å². The summed E-state index contributed by atoms with van der Waals surface area (Å²) in [6.45, 7) is 6.59. The van der Waals surface area contributed by atoms with Crippen molar-refractivity contribution in [1.82, 2.24) is 0 Å². The van der Waals surface area contributed by atoms with Gasteiger partial charge in [0.2, 0.25) is 0 Å². The average molecular weight is 287 g/mol. The number of alkyl halides is 1. The van der Waals surface area contributed by atoms with Crippen LogP contribution in [0.1, 0.15) is 46.0 Å². The van der Waals surface area contributed by atoms with Crippen molar-refractivity contribution < 1.29 is 0 Å². The first-order valence-corrected chi connectivity index (χ1v) is 7.77. The van der Waals surface area contributed by atoms with E-state index in [1.54, 1.807) is 0 Å². The minimum Gasteiger partial charge on any atom is -0.118 e. The molecule has 2 aromatic carbocycles. The average Bonchev–Trinajstić information content (AvgIpc) is 2.42. The lowest BCUT2D eigenvalue weighted by Crippen LogP contribution is -1.97. The standard InChI is InChI=1S/C19H23Cl/c1-14-12-15(2)18(16(3)13-14)10-7-11-19(20)17-8-5-4-6-9-17/h4-6,8-9,12-13,19H,7,10-11H2,1-3H3. The van der Waals surface area contributed by atoms with E-state index in [1.807, 2.05) is 6.07 Å². The summed E-state index contributed by atoms with van der Waals surface area (Å²) >= 11 is 6.48. The van der Waals surface area contributed by atoms with Crippen molar-refractivity contribution in [2.45, 2.75) is 45.4 Å². The van der Waals surface area contributed by atoms with Gasteiger partial charge in [-0.1, -0.05) is 48.0 Å². The second-order valence-corrected chi connectivity index (χ2v) is 6.17. The highest BCUT2D eigenvalue weighted by molar-refractivity contribution is 6.20. The number of benzene rings is 2. The predicted molar refractivity (Wildman–Crippen MR) is 88.6 cm³/mol. The first kappa shape index (κ1) is 15.1. The maximum atomic E-state index is 6.48. The van der Waals surface area contributed by atoms with Crippen LogP contribution in [-0.4, -0.2) is 0 Å². The quantitative estimate of drug-likeness (QED) is 0.599. The monoisotopic (exact) mass is 286 g/mol. The largest absolute Gasteiger partial charge is 0.118 e. The van der Waals surface area contributed by atoms with Gasteiger partial charge in [0.1, 0.15) is 0 Å². The lowest BCUT2D eigenvalue weighted by Gasteiger charge is -2.13. The van der Waals surface area contributed by atoms with Crippen LogP contribution < -0.4 is 0 Å². The molecule has 0 bridgehead atoms. The first-order chi connectivity index (χ1) is 9.58. The van der Waals surface area contributed by atoms with Crippen molar-refractivity contribution in [3.05, 3.63) is 70.3 Å². The van der Waals surface area contributed by atoms with E-state index < -0.39 is 0 Å². The molecule has 1 heteroatoms. The molecule has 0 spiro atoms. The van der Waals surface area contributed by atoms with E-state index in [1.165, 1.54) is 27.8 Å².